The summed E-state index contributed by atoms with van der Waals surface area (Å²) >= 11 is 3.56. The van der Waals surface area contributed by atoms with Gasteiger partial charge >= 0.3 is 0 Å². The van der Waals surface area contributed by atoms with Crippen molar-refractivity contribution >= 4 is 15.9 Å². The van der Waals surface area contributed by atoms with Gasteiger partial charge in [-0.05, 0) is 49.2 Å². The number of rotatable bonds is 4. The molecule has 0 radical (unpaired) electrons. The number of benzene rings is 2. The van der Waals surface area contributed by atoms with Gasteiger partial charge in [-0.3, -0.25) is 0 Å². The monoisotopic (exact) mass is 321 g/mol. The number of hydrogen-bond donors (Lipinski definition) is 1. The predicted molar refractivity (Wildman–Crippen MR) is 80.8 cm³/mol. The van der Waals surface area contributed by atoms with Crippen molar-refractivity contribution in [3.8, 4) is 0 Å². The van der Waals surface area contributed by atoms with Gasteiger partial charge in [0.1, 0.15) is 5.82 Å². The average molecular weight is 322 g/mol. The molecule has 3 heteroatoms. The molecule has 0 aliphatic heterocycles. The van der Waals surface area contributed by atoms with E-state index in [1.54, 1.807) is 6.92 Å². The first kappa shape index (κ1) is 14.2. The number of hydrogen-bond acceptors (Lipinski definition) is 1. The van der Waals surface area contributed by atoms with Crippen molar-refractivity contribution in [1.29, 1.82) is 0 Å². The highest BCUT2D eigenvalue weighted by atomic mass is 79.9. The number of likely N-dealkylation sites (N-methyl/N-ethyl adjacent to an activating group) is 1. The molecule has 2 aromatic carbocycles. The Morgan fingerprint density at radius 2 is 1.95 bits per heavy atom. The van der Waals surface area contributed by atoms with Crippen molar-refractivity contribution in [2.24, 2.45) is 0 Å². The van der Waals surface area contributed by atoms with E-state index in [1.807, 2.05) is 37.4 Å². The molecule has 0 heterocycles. The molecule has 1 N–H and O–H groups in total. The zero-order valence-corrected chi connectivity index (χ0v) is 12.7. The summed E-state index contributed by atoms with van der Waals surface area (Å²) in [6, 6.07) is 13.6. The van der Waals surface area contributed by atoms with Gasteiger partial charge < -0.3 is 5.32 Å². The molecule has 1 unspecified atom stereocenters. The van der Waals surface area contributed by atoms with E-state index >= 15 is 0 Å². The fraction of sp³-hybridized carbons (Fsp3) is 0.250. The van der Waals surface area contributed by atoms with Gasteiger partial charge in [0.15, 0.2) is 0 Å². The van der Waals surface area contributed by atoms with Gasteiger partial charge in [-0.25, -0.2) is 4.39 Å². The van der Waals surface area contributed by atoms with Crippen LogP contribution in [0.15, 0.2) is 46.9 Å². The van der Waals surface area contributed by atoms with Crippen LogP contribution in [0.4, 0.5) is 4.39 Å². The van der Waals surface area contributed by atoms with Gasteiger partial charge in [0.2, 0.25) is 0 Å². The van der Waals surface area contributed by atoms with Gasteiger partial charge in [0.05, 0.1) is 0 Å². The van der Waals surface area contributed by atoms with E-state index < -0.39 is 0 Å². The molecular weight excluding hydrogens is 305 g/mol. The molecule has 2 aromatic rings. The van der Waals surface area contributed by atoms with Crippen LogP contribution < -0.4 is 5.32 Å². The minimum atomic E-state index is -0.153. The molecule has 0 amide bonds. The van der Waals surface area contributed by atoms with Crippen molar-refractivity contribution in [3.05, 3.63) is 69.4 Å². The van der Waals surface area contributed by atoms with E-state index in [2.05, 4.69) is 27.3 Å². The predicted octanol–water partition coefficient (Wildman–Crippen LogP) is 4.40. The molecule has 0 aliphatic rings. The zero-order valence-electron chi connectivity index (χ0n) is 11.1. The molecule has 1 nitrogen and oxygen atoms in total. The molecule has 0 fully saturated rings. The molecule has 2 rings (SSSR count). The average Bonchev–Trinajstić information content (AvgIpc) is 2.41. The normalized spacial score (nSPS) is 12.4. The molecular formula is C16H17BrFN. The SMILES string of the molecule is CNC(Cc1ccccc1Br)c1ccc(F)c(C)c1. The lowest BCUT2D eigenvalue weighted by Gasteiger charge is -2.18. The van der Waals surface area contributed by atoms with Crippen LogP contribution in [0.25, 0.3) is 0 Å². The van der Waals surface area contributed by atoms with Crippen molar-refractivity contribution < 1.29 is 4.39 Å². The summed E-state index contributed by atoms with van der Waals surface area (Å²) in [6.07, 6.45) is 0.864. The molecule has 100 valence electrons. The van der Waals surface area contributed by atoms with Gasteiger partial charge in [0.25, 0.3) is 0 Å². The third kappa shape index (κ3) is 3.43. The first-order valence-electron chi connectivity index (χ1n) is 6.28. The fourth-order valence-electron chi connectivity index (χ4n) is 2.16. The quantitative estimate of drug-likeness (QED) is 0.880. The standard InChI is InChI=1S/C16H17BrFN/c1-11-9-13(7-8-15(11)18)16(19-2)10-12-5-3-4-6-14(12)17/h3-9,16,19H,10H2,1-2H3. The minimum absolute atomic E-state index is 0.153. The molecule has 0 spiro atoms. The van der Waals surface area contributed by atoms with Crippen molar-refractivity contribution in [2.45, 2.75) is 19.4 Å². The maximum Gasteiger partial charge on any atom is 0.126 e. The Labute approximate surface area is 122 Å². The Hall–Kier alpha value is -1.19. The molecule has 0 aromatic heterocycles. The van der Waals surface area contributed by atoms with Crippen LogP contribution >= 0.6 is 15.9 Å². The number of aryl methyl sites for hydroxylation is 1. The van der Waals surface area contributed by atoms with E-state index in [0.29, 0.717) is 5.56 Å². The van der Waals surface area contributed by atoms with E-state index in [0.717, 1.165) is 16.5 Å². The Balaban J connectivity index is 2.25. The number of halogens is 2. The molecule has 0 saturated heterocycles. The molecule has 1 atom stereocenters. The van der Waals surface area contributed by atoms with Crippen molar-refractivity contribution in [2.75, 3.05) is 7.05 Å². The van der Waals surface area contributed by atoms with Gasteiger partial charge in [-0.2, -0.15) is 0 Å². The first-order valence-corrected chi connectivity index (χ1v) is 7.08. The summed E-state index contributed by atoms with van der Waals surface area (Å²) < 4.78 is 14.4. The Morgan fingerprint density at radius 1 is 1.21 bits per heavy atom. The third-order valence-electron chi connectivity index (χ3n) is 3.31. The second-order valence-corrected chi connectivity index (χ2v) is 5.50. The summed E-state index contributed by atoms with van der Waals surface area (Å²) in [6.45, 7) is 1.80. The maximum absolute atomic E-state index is 13.3. The second-order valence-electron chi connectivity index (χ2n) is 4.65. The summed E-state index contributed by atoms with van der Waals surface area (Å²) in [5.74, 6) is -0.153. The maximum atomic E-state index is 13.3. The fourth-order valence-corrected chi connectivity index (χ4v) is 2.60. The van der Waals surface area contributed by atoms with Gasteiger partial charge in [-0.1, -0.05) is 46.3 Å². The minimum Gasteiger partial charge on any atom is -0.313 e. The van der Waals surface area contributed by atoms with Crippen LogP contribution in [0.1, 0.15) is 22.7 Å². The molecule has 0 bridgehead atoms. The lowest BCUT2D eigenvalue weighted by atomic mass is 9.97. The molecule has 0 aliphatic carbocycles. The van der Waals surface area contributed by atoms with Crippen molar-refractivity contribution in [3.63, 3.8) is 0 Å². The van der Waals surface area contributed by atoms with Crippen LogP contribution in [-0.4, -0.2) is 7.05 Å². The zero-order chi connectivity index (χ0) is 13.8. The summed E-state index contributed by atoms with van der Waals surface area (Å²) in [4.78, 5) is 0. The number of nitrogens with one attached hydrogen (secondary N) is 1. The molecule has 19 heavy (non-hydrogen) atoms. The lowest BCUT2D eigenvalue weighted by Crippen LogP contribution is -2.19. The Morgan fingerprint density at radius 3 is 2.58 bits per heavy atom. The van der Waals surface area contributed by atoms with Crippen LogP contribution in [-0.2, 0) is 6.42 Å². The Kier molecular flexibility index (Phi) is 4.72. The van der Waals surface area contributed by atoms with Crippen LogP contribution in [0.5, 0.6) is 0 Å². The van der Waals surface area contributed by atoms with Crippen molar-refractivity contribution in [1.82, 2.24) is 5.32 Å². The second kappa shape index (κ2) is 6.31. The van der Waals surface area contributed by atoms with E-state index in [9.17, 15) is 4.39 Å². The largest absolute Gasteiger partial charge is 0.313 e. The van der Waals surface area contributed by atoms with E-state index in [-0.39, 0.29) is 11.9 Å². The van der Waals surface area contributed by atoms with Gasteiger partial charge in [-0.15, -0.1) is 0 Å². The summed E-state index contributed by atoms with van der Waals surface area (Å²) in [7, 11) is 1.93. The van der Waals surface area contributed by atoms with E-state index in [1.165, 1.54) is 11.6 Å². The molecule has 0 saturated carbocycles. The summed E-state index contributed by atoms with van der Waals surface area (Å²) in [5.41, 5.74) is 3.03. The smallest absolute Gasteiger partial charge is 0.126 e. The highest BCUT2D eigenvalue weighted by Crippen LogP contribution is 2.24. The van der Waals surface area contributed by atoms with Crippen LogP contribution in [0, 0.1) is 12.7 Å². The lowest BCUT2D eigenvalue weighted by molar-refractivity contribution is 0.582. The summed E-state index contributed by atoms with van der Waals surface area (Å²) in [5, 5.41) is 3.30. The Bertz CT molecular complexity index is 568. The van der Waals surface area contributed by atoms with Crippen LogP contribution in [0.3, 0.4) is 0 Å². The van der Waals surface area contributed by atoms with E-state index in [4.69, 9.17) is 0 Å². The highest BCUT2D eigenvalue weighted by Gasteiger charge is 2.12. The third-order valence-corrected chi connectivity index (χ3v) is 4.09. The van der Waals surface area contributed by atoms with Gasteiger partial charge in [0, 0.05) is 10.5 Å². The highest BCUT2D eigenvalue weighted by molar-refractivity contribution is 9.10. The first-order chi connectivity index (χ1) is 9.11. The topological polar surface area (TPSA) is 12.0 Å². The van der Waals surface area contributed by atoms with Crippen LogP contribution in [0.2, 0.25) is 0 Å².